The van der Waals surface area contributed by atoms with Gasteiger partial charge in [0.15, 0.2) is 17.3 Å². The lowest BCUT2D eigenvalue weighted by atomic mass is 10.0. The summed E-state index contributed by atoms with van der Waals surface area (Å²) < 4.78 is 10.1. The quantitative estimate of drug-likeness (QED) is 0.642. The van der Waals surface area contributed by atoms with Gasteiger partial charge in [0.05, 0.1) is 19.3 Å². The molecule has 24 heavy (non-hydrogen) atoms. The van der Waals surface area contributed by atoms with Gasteiger partial charge < -0.3 is 24.8 Å². The van der Waals surface area contributed by atoms with Crippen molar-refractivity contribution in [2.45, 2.75) is 12.8 Å². The number of ketones is 1. The molecule has 0 aromatic heterocycles. The predicted octanol–water partition coefficient (Wildman–Crippen LogP) is 2.29. The average Bonchev–Trinajstić information content (AvgIpc) is 2.58. The number of Topliss-reactive ketones (excluding diaryl/α,β-unsaturated/α-hetero) is 1. The second-order valence-electron chi connectivity index (χ2n) is 5.18. The Morgan fingerprint density at radius 2 is 1.88 bits per heavy atom. The summed E-state index contributed by atoms with van der Waals surface area (Å²) in [5.74, 6) is 0.416. The van der Waals surface area contributed by atoms with Crippen LogP contribution in [0.25, 0.3) is 0 Å². The molecule has 2 aromatic carbocycles. The van der Waals surface area contributed by atoms with Crippen molar-refractivity contribution in [3.8, 4) is 23.0 Å². The molecule has 0 aliphatic carbocycles. The van der Waals surface area contributed by atoms with E-state index >= 15 is 0 Å². The summed E-state index contributed by atoms with van der Waals surface area (Å²) in [7, 11) is 1.47. The summed E-state index contributed by atoms with van der Waals surface area (Å²) in [6.45, 7) is -0.0101. The molecule has 0 saturated carbocycles. The van der Waals surface area contributed by atoms with Gasteiger partial charge in [-0.05, 0) is 36.2 Å². The third kappa shape index (κ3) is 4.39. The smallest absolute Gasteiger partial charge is 0.166 e. The van der Waals surface area contributed by atoms with Crippen molar-refractivity contribution in [3.63, 3.8) is 0 Å². The van der Waals surface area contributed by atoms with Gasteiger partial charge in [0.25, 0.3) is 0 Å². The molecule has 128 valence electrons. The molecule has 0 fully saturated rings. The number of carbonyl (C=O) groups excluding carboxylic acids is 1. The first-order valence-electron chi connectivity index (χ1n) is 7.51. The molecule has 0 aliphatic rings. The summed E-state index contributed by atoms with van der Waals surface area (Å²) in [6, 6.07) is 9.38. The normalized spacial score (nSPS) is 10.4. The topological polar surface area (TPSA) is 96.2 Å². The monoisotopic (exact) mass is 332 g/mol. The van der Waals surface area contributed by atoms with Crippen molar-refractivity contribution in [2.75, 3.05) is 20.3 Å². The first-order chi connectivity index (χ1) is 11.5. The van der Waals surface area contributed by atoms with Crippen molar-refractivity contribution in [2.24, 2.45) is 0 Å². The fourth-order valence-electron chi connectivity index (χ4n) is 2.28. The predicted molar refractivity (Wildman–Crippen MR) is 88.0 cm³/mol. The molecule has 3 N–H and O–H groups in total. The van der Waals surface area contributed by atoms with Gasteiger partial charge in [0, 0.05) is 12.5 Å². The Bertz CT molecular complexity index is 711. The van der Waals surface area contributed by atoms with E-state index in [-0.39, 0.29) is 42.5 Å². The summed E-state index contributed by atoms with van der Waals surface area (Å²) in [5.41, 5.74) is 1.01. The van der Waals surface area contributed by atoms with Crippen molar-refractivity contribution < 1.29 is 29.6 Å². The van der Waals surface area contributed by atoms with Gasteiger partial charge in [0.1, 0.15) is 18.1 Å². The number of methoxy groups -OCH3 is 1. The highest BCUT2D eigenvalue weighted by molar-refractivity contribution is 5.98. The molecule has 2 rings (SSSR count). The van der Waals surface area contributed by atoms with Crippen molar-refractivity contribution >= 4 is 5.78 Å². The number of aryl methyl sites for hydroxylation is 1. The number of aromatic hydroxyl groups is 2. The Labute approximate surface area is 139 Å². The number of ether oxygens (including phenoxy) is 2. The zero-order chi connectivity index (χ0) is 17.5. The van der Waals surface area contributed by atoms with Gasteiger partial charge in [-0.25, -0.2) is 0 Å². The van der Waals surface area contributed by atoms with Crippen LogP contribution in [0.15, 0.2) is 36.4 Å². The van der Waals surface area contributed by atoms with E-state index in [0.29, 0.717) is 17.9 Å². The molecule has 0 radical (unpaired) electrons. The van der Waals surface area contributed by atoms with Crippen molar-refractivity contribution in [3.05, 3.63) is 47.5 Å². The highest BCUT2D eigenvalue weighted by atomic mass is 16.5. The Hall–Kier alpha value is -2.73. The number of rotatable bonds is 8. The van der Waals surface area contributed by atoms with Gasteiger partial charge in [-0.1, -0.05) is 6.07 Å². The van der Waals surface area contributed by atoms with Gasteiger partial charge in [-0.3, -0.25) is 4.79 Å². The number of aliphatic hydroxyl groups excluding tert-OH is 1. The summed E-state index contributed by atoms with van der Waals surface area (Å²) in [6.07, 6.45) is 0.620. The maximum absolute atomic E-state index is 12.2. The fourth-order valence-corrected chi connectivity index (χ4v) is 2.28. The molecule has 2 aromatic rings. The lowest BCUT2D eigenvalue weighted by Gasteiger charge is -2.09. The second-order valence-corrected chi connectivity index (χ2v) is 5.18. The lowest BCUT2D eigenvalue weighted by Crippen LogP contribution is -2.04. The Morgan fingerprint density at radius 1 is 1.08 bits per heavy atom. The molecular weight excluding hydrogens is 312 g/mol. The second kappa shape index (κ2) is 8.21. The molecule has 0 bridgehead atoms. The van der Waals surface area contributed by atoms with Crippen LogP contribution in [0.2, 0.25) is 0 Å². The number of hydrogen-bond acceptors (Lipinski definition) is 6. The van der Waals surface area contributed by atoms with Gasteiger partial charge in [0.2, 0.25) is 0 Å². The molecule has 0 heterocycles. The highest BCUT2D eigenvalue weighted by Crippen LogP contribution is 2.28. The van der Waals surface area contributed by atoms with Crippen LogP contribution in [0.4, 0.5) is 0 Å². The SMILES string of the molecule is COc1ccc(CCC(=O)c2ccc(OCCO)cc2O)cc1O. The van der Waals surface area contributed by atoms with E-state index in [0.717, 1.165) is 5.56 Å². The number of phenols is 2. The van der Waals surface area contributed by atoms with Crippen LogP contribution >= 0.6 is 0 Å². The fraction of sp³-hybridized carbons (Fsp3) is 0.278. The minimum atomic E-state index is -0.212. The molecule has 6 heteroatoms. The summed E-state index contributed by atoms with van der Waals surface area (Å²) in [5, 5.41) is 28.4. The Balaban J connectivity index is 2.00. The van der Waals surface area contributed by atoms with Gasteiger partial charge >= 0.3 is 0 Å². The van der Waals surface area contributed by atoms with Crippen LogP contribution in [0.3, 0.4) is 0 Å². The molecule has 6 nitrogen and oxygen atoms in total. The zero-order valence-electron chi connectivity index (χ0n) is 13.4. The third-order valence-corrected chi connectivity index (χ3v) is 3.51. The molecule has 0 atom stereocenters. The minimum Gasteiger partial charge on any atom is -0.507 e. The first kappa shape index (κ1) is 17.6. The van der Waals surface area contributed by atoms with E-state index in [1.807, 2.05) is 0 Å². The van der Waals surface area contributed by atoms with Crippen LogP contribution in [-0.4, -0.2) is 41.4 Å². The Morgan fingerprint density at radius 3 is 2.50 bits per heavy atom. The van der Waals surface area contributed by atoms with Gasteiger partial charge in [-0.2, -0.15) is 0 Å². The largest absolute Gasteiger partial charge is 0.507 e. The molecule has 0 aliphatic heterocycles. The van der Waals surface area contributed by atoms with Crippen molar-refractivity contribution in [1.82, 2.24) is 0 Å². The Kier molecular flexibility index (Phi) is 6.03. The molecule has 0 saturated heterocycles. The van der Waals surface area contributed by atoms with E-state index in [9.17, 15) is 15.0 Å². The van der Waals surface area contributed by atoms with Gasteiger partial charge in [-0.15, -0.1) is 0 Å². The van der Waals surface area contributed by atoms with Crippen LogP contribution in [0.5, 0.6) is 23.0 Å². The third-order valence-electron chi connectivity index (χ3n) is 3.51. The minimum absolute atomic E-state index is 0.0238. The molecule has 0 spiro atoms. The van der Waals surface area contributed by atoms with E-state index in [4.69, 9.17) is 14.6 Å². The number of phenolic OH excluding ortho intramolecular Hbond substituents is 2. The number of hydrogen-bond donors (Lipinski definition) is 3. The van der Waals surface area contributed by atoms with E-state index in [1.165, 1.54) is 19.2 Å². The summed E-state index contributed by atoms with van der Waals surface area (Å²) >= 11 is 0. The maximum atomic E-state index is 12.2. The van der Waals surface area contributed by atoms with E-state index < -0.39 is 0 Å². The maximum Gasteiger partial charge on any atom is 0.166 e. The van der Waals surface area contributed by atoms with Crippen LogP contribution in [0.1, 0.15) is 22.3 Å². The van der Waals surface area contributed by atoms with E-state index in [1.54, 1.807) is 24.3 Å². The van der Waals surface area contributed by atoms with Crippen molar-refractivity contribution in [1.29, 1.82) is 0 Å². The number of benzene rings is 2. The molecule has 0 unspecified atom stereocenters. The molecular formula is C18H20O6. The average molecular weight is 332 g/mol. The highest BCUT2D eigenvalue weighted by Gasteiger charge is 2.13. The van der Waals surface area contributed by atoms with Crippen LogP contribution in [0, 0.1) is 0 Å². The number of carbonyl (C=O) groups is 1. The standard InChI is InChI=1S/C18H20O6/c1-23-18-7-3-12(10-17(18)22)2-6-15(20)14-5-4-13(11-16(14)21)24-9-8-19/h3-5,7,10-11,19,21-22H,2,6,8-9H2,1H3. The van der Waals surface area contributed by atoms with Crippen LogP contribution in [-0.2, 0) is 6.42 Å². The zero-order valence-corrected chi connectivity index (χ0v) is 13.4. The van der Waals surface area contributed by atoms with E-state index in [2.05, 4.69) is 0 Å². The number of aliphatic hydroxyl groups is 1. The summed E-state index contributed by atoms with van der Waals surface area (Å²) in [4.78, 5) is 12.2. The van der Waals surface area contributed by atoms with Crippen LogP contribution < -0.4 is 9.47 Å². The molecule has 0 amide bonds. The lowest BCUT2D eigenvalue weighted by molar-refractivity contribution is 0.0980. The first-order valence-corrected chi connectivity index (χ1v) is 7.51.